The van der Waals surface area contributed by atoms with Crippen molar-refractivity contribution in [1.82, 2.24) is 0 Å². The van der Waals surface area contributed by atoms with Crippen molar-refractivity contribution < 1.29 is 8.42 Å². The highest BCUT2D eigenvalue weighted by molar-refractivity contribution is 7.93. The fourth-order valence-corrected chi connectivity index (χ4v) is 3.38. The van der Waals surface area contributed by atoms with Gasteiger partial charge in [0, 0.05) is 11.1 Å². The third-order valence-corrected chi connectivity index (χ3v) is 4.45. The summed E-state index contributed by atoms with van der Waals surface area (Å²) in [5.74, 6) is 0. The van der Waals surface area contributed by atoms with Gasteiger partial charge < -0.3 is 0 Å². The van der Waals surface area contributed by atoms with Crippen LogP contribution in [0.3, 0.4) is 0 Å². The molecule has 3 aromatic carbocycles. The second kappa shape index (κ2) is 4.98. The highest BCUT2D eigenvalue weighted by Gasteiger charge is 2.16. The summed E-state index contributed by atoms with van der Waals surface area (Å²) in [7, 11) is -3.60. The molecule has 3 rings (SSSR count). The number of sulfonamides is 1. The minimum atomic E-state index is -3.60. The maximum Gasteiger partial charge on any atom is 0.262 e. The number of fused-ring (bicyclic) bond motifs is 1. The monoisotopic (exact) mass is 282 g/mol. The van der Waals surface area contributed by atoms with Gasteiger partial charge in [-0.25, -0.2) is 8.42 Å². The first-order valence-corrected chi connectivity index (χ1v) is 7.62. The third kappa shape index (κ3) is 2.38. The molecule has 0 saturated carbocycles. The summed E-state index contributed by atoms with van der Waals surface area (Å²) >= 11 is 0. The number of hydrogen-bond donors (Lipinski definition) is 1. The molecular formula is C16H12NO2S. The Morgan fingerprint density at radius 3 is 2.35 bits per heavy atom. The summed E-state index contributed by atoms with van der Waals surface area (Å²) in [5.41, 5.74) is 0.525. The van der Waals surface area contributed by atoms with Gasteiger partial charge in [0.1, 0.15) is 0 Å². The third-order valence-electron chi connectivity index (χ3n) is 3.01. The zero-order valence-electron chi connectivity index (χ0n) is 10.6. The molecule has 0 bridgehead atoms. The molecule has 0 spiro atoms. The van der Waals surface area contributed by atoms with Gasteiger partial charge in [0.15, 0.2) is 0 Å². The zero-order chi connectivity index (χ0) is 14.0. The highest BCUT2D eigenvalue weighted by atomic mass is 32.2. The lowest BCUT2D eigenvalue weighted by atomic mass is 10.1. The van der Waals surface area contributed by atoms with E-state index in [1.54, 1.807) is 36.4 Å². The van der Waals surface area contributed by atoms with Crippen molar-refractivity contribution in [3.05, 3.63) is 72.8 Å². The van der Waals surface area contributed by atoms with E-state index < -0.39 is 10.0 Å². The molecule has 0 unspecified atom stereocenters. The topological polar surface area (TPSA) is 46.2 Å². The van der Waals surface area contributed by atoms with Crippen LogP contribution in [0.1, 0.15) is 0 Å². The number of rotatable bonds is 3. The van der Waals surface area contributed by atoms with E-state index in [1.807, 2.05) is 30.3 Å². The molecule has 0 heterocycles. The average molecular weight is 282 g/mol. The fourth-order valence-electron chi connectivity index (χ4n) is 2.10. The van der Waals surface area contributed by atoms with Crippen molar-refractivity contribution in [2.75, 3.05) is 4.72 Å². The van der Waals surface area contributed by atoms with Crippen molar-refractivity contribution in [2.45, 2.75) is 4.90 Å². The second-order valence-electron chi connectivity index (χ2n) is 4.37. The molecule has 0 aliphatic rings. The molecule has 99 valence electrons. The molecule has 3 nitrogen and oxygen atoms in total. The van der Waals surface area contributed by atoms with Crippen LogP contribution in [-0.4, -0.2) is 8.42 Å². The van der Waals surface area contributed by atoms with Crippen molar-refractivity contribution in [3.63, 3.8) is 0 Å². The Balaban J connectivity index is 2.10. The summed E-state index contributed by atoms with van der Waals surface area (Å²) in [6, 6.07) is 22.2. The predicted molar refractivity (Wildman–Crippen MR) is 80.0 cm³/mol. The fraction of sp³-hybridized carbons (Fsp3) is 0. The summed E-state index contributed by atoms with van der Waals surface area (Å²) < 4.78 is 27.6. The normalized spacial score (nSPS) is 11.4. The molecule has 0 aliphatic carbocycles. The minimum Gasteiger partial charge on any atom is -0.280 e. The summed E-state index contributed by atoms with van der Waals surface area (Å²) in [6.07, 6.45) is 0. The van der Waals surface area contributed by atoms with Gasteiger partial charge in [0.05, 0.1) is 4.90 Å². The Bertz CT molecular complexity index is 837. The molecule has 0 aromatic heterocycles. The number of hydrogen-bond acceptors (Lipinski definition) is 2. The predicted octanol–water partition coefficient (Wildman–Crippen LogP) is 3.44. The largest absolute Gasteiger partial charge is 0.280 e. The Labute approximate surface area is 117 Å². The number of nitrogens with one attached hydrogen (secondary N) is 1. The molecule has 4 heteroatoms. The van der Waals surface area contributed by atoms with Gasteiger partial charge in [-0.05, 0) is 29.7 Å². The number of anilines is 1. The smallest absolute Gasteiger partial charge is 0.262 e. The lowest BCUT2D eigenvalue weighted by Crippen LogP contribution is -2.13. The van der Waals surface area contributed by atoms with E-state index in [0.29, 0.717) is 11.1 Å². The molecule has 3 aromatic rings. The minimum absolute atomic E-state index is 0.281. The van der Waals surface area contributed by atoms with Crippen LogP contribution in [0.25, 0.3) is 10.8 Å². The quantitative estimate of drug-likeness (QED) is 0.800. The molecule has 0 atom stereocenters. The summed E-state index contributed by atoms with van der Waals surface area (Å²) in [4.78, 5) is 0.281. The molecule has 0 amide bonds. The zero-order valence-corrected chi connectivity index (χ0v) is 11.4. The highest BCUT2D eigenvalue weighted by Crippen LogP contribution is 2.24. The number of benzene rings is 3. The van der Waals surface area contributed by atoms with Gasteiger partial charge in [-0.15, -0.1) is 0 Å². The first-order valence-electron chi connectivity index (χ1n) is 6.13. The van der Waals surface area contributed by atoms with Gasteiger partial charge in [-0.3, -0.25) is 4.72 Å². The van der Waals surface area contributed by atoms with Crippen LogP contribution in [0.5, 0.6) is 0 Å². The molecule has 1 radical (unpaired) electrons. The van der Waals surface area contributed by atoms with Crippen LogP contribution in [0.15, 0.2) is 71.6 Å². The van der Waals surface area contributed by atoms with E-state index in [9.17, 15) is 8.42 Å². The molecule has 0 saturated heterocycles. The van der Waals surface area contributed by atoms with Gasteiger partial charge in [0.2, 0.25) is 0 Å². The molecule has 1 N–H and O–H groups in total. The van der Waals surface area contributed by atoms with Crippen molar-refractivity contribution in [1.29, 1.82) is 0 Å². The van der Waals surface area contributed by atoms with Gasteiger partial charge in [0.25, 0.3) is 10.0 Å². The van der Waals surface area contributed by atoms with Crippen LogP contribution in [0.2, 0.25) is 0 Å². The standard InChI is InChI=1S/C16H12NO2S/c18-20(19,17-14-9-2-1-3-10-14)16-12-6-8-13-7-4-5-11-15(13)16/h2-12,17H. The molecule has 0 aliphatic heterocycles. The van der Waals surface area contributed by atoms with E-state index in [4.69, 9.17) is 0 Å². The first-order chi connectivity index (χ1) is 9.67. The van der Waals surface area contributed by atoms with Crippen LogP contribution in [0, 0.1) is 6.07 Å². The van der Waals surface area contributed by atoms with Crippen molar-refractivity contribution >= 4 is 26.5 Å². The van der Waals surface area contributed by atoms with Gasteiger partial charge in [-0.1, -0.05) is 48.5 Å². The van der Waals surface area contributed by atoms with E-state index in [2.05, 4.69) is 10.8 Å². The van der Waals surface area contributed by atoms with E-state index in [0.717, 1.165) is 5.39 Å². The second-order valence-corrected chi connectivity index (χ2v) is 6.02. The first kappa shape index (κ1) is 12.7. The average Bonchev–Trinajstić information content (AvgIpc) is 2.47. The molecule has 20 heavy (non-hydrogen) atoms. The van der Waals surface area contributed by atoms with Crippen LogP contribution < -0.4 is 4.72 Å². The van der Waals surface area contributed by atoms with E-state index >= 15 is 0 Å². The van der Waals surface area contributed by atoms with Crippen LogP contribution in [-0.2, 0) is 10.0 Å². The SMILES string of the molecule is O=S(=O)(Nc1cc[c]cc1)c1cccc2ccccc12. The van der Waals surface area contributed by atoms with Crippen LogP contribution >= 0.6 is 0 Å². The van der Waals surface area contributed by atoms with E-state index in [1.165, 1.54) is 0 Å². The molecular weight excluding hydrogens is 270 g/mol. The van der Waals surface area contributed by atoms with Crippen molar-refractivity contribution in [3.8, 4) is 0 Å². The Morgan fingerprint density at radius 2 is 1.55 bits per heavy atom. The Morgan fingerprint density at radius 1 is 0.850 bits per heavy atom. The summed E-state index contributed by atoms with van der Waals surface area (Å²) in [6.45, 7) is 0. The molecule has 0 fully saturated rings. The Hall–Kier alpha value is -2.33. The van der Waals surface area contributed by atoms with Crippen LogP contribution in [0.4, 0.5) is 5.69 Å². The Kier molecular flexibility index (Phi) is 3.16. The van der Waals surface area contributed by atoms with Gasteiger partial charge in [-0.2, -0.15) is 0 Å². The lowest BCUT2D eigenvalue weighted by Gasteiger charge is -2.10. The van der Waals surface area contributed by atoms with Gasteiger partial charge >= 0.3 is 0 Å². The summed E-state index contributed by atoms with van der Waals surface area (Å²) in [5, 5.41) is 1.61. The van der Waals surface area contributed by atoms with E-state index in [-0.39, 0.29) is 4.90 Å². The lowest BCUT2D eigenvalue weighted by molar-refractivity contribution is 0.602. The van der Waals surface area contributed by atoms with Crippen molar-refractivity contribution in [2.24, 2.45) is 0 Å². The maximum atomic E-state index is 12.5. The maximum absolute atomic E-state index is 12.5.